The summed E-state index contributed by atoms with van der Waals surface area (Å²) in [6.07, 6.45) is 0. The third-order valence-corrected chi connectivity index (χ3v) is 5.13. The molecule has 0 bridgehead atoms. The molecule has 112 valence electrons. The highest BCUT2D eigenvalue weighted by atomic mass is 32.2. The molecule has 6 heteroatoms. The van der Waals surface area contributed by atoms with Crippen molar-refractivity contribution >= 4 is 28.2 Å². The van der Waals surface area contributed by atoms with Gasteiger partial charge in [0.1, 0.15) is 0 Å². The van der Waals surface area contributed by atoms with E-state index in [0.717, 1.165) is 4.90 Å². The fraction of sp³-hybridized carbons (Fsp3) is 0.571. The first-order valence-electron chi connectivity index (χ1n) is 6.30. The minimum Gasteiger partial charge on any atom is -0.258 e. The van der Waals surface area contributed by atoms with Crippen LogP contribution >= 0.6 is 11.8 Å². The standard InChI is InChI=1S/C14H21NO3S2/c1-13(2,3)19-11-7-10(15(16)17)8-12(9-11)20(18)14(4,5)6/h7-9H,1-6H3/t20-/m1/s1. The second-order valence-electron chi connectivity index (χ2n) is 6.52. The van der Waals surface area contributed by atoms with E-state index in [1.54, 1.807) is 12.1 Å². The third-order valence-electron chi connectivity index (χ3n) is 2.27. The van der Waals surface area contributed by atoms with Gasteiger partial charge in [-0.3, -0.25) is 14.3 Å². The Bertz CT molecular complexity index is 542. The summed E-state index contributed by atoms with van der Waals surface area (Å²) >= 11 is 1.54. The molecule has 0 heterocycles. The molecule has 0 aliphatic carbocycles. The van der Waals surface area contributed by atoms with Crippen molar-refractivity contribution < 1.29 is 9.13 Å². The Kier molecular flexibility index (Phi) is 5.03. The van der Waals surface area contributed by atoms with Crippen molar-refractivity contribution in [1.82, 2.24) is 0 Å². The Morgan fingerprint density at radius 3 is 2.05 bits per heavy atom. The first-order valence-corrected chi connectivity index (χ1v) is 8.27. The topological polar surface area (TPSA) is 60.2 Å². The number of rotatable bonds is 3. The SMILES string of the molecule is CC(C)(C)Sc1cc([N+](=O)[O-])cc([S@@](=O)C(C)(C)C)c1. The van der Waals surface area contributed by atoms with Gasteiger partial charge in [0.05, 0.1) is 15.7 Å². The number of thioether (sulfide) groups is 1. The van der Waals surface area contributed by atoms with Crippen LogP contribution in [0.5, 0.6) is 0 Å². The zero-order valence-electron chi connectivity index (χ0n) is 12.7. The summed E-state index contributed by atoms with van der Waals surface area (Å²) < 4.78 is 11.9. The van der Waals surface area contributed by atoms with E-state index in [9.17, 15) is 14.3 Å². The summed E-state index contributed by atoms with van der Waals surface area (Å²) in [5.41, 5.74) is -0.00755. The molecule has 0 radical (unpaired) electrons. The van der Waals surface area contributed by atoms with Gasteiger partial charge in [-0.25, -0.2) is 0 Å². The highest BCUT2D eigenvalue weighted by Gasteiger charge is 2.24. The molecule has 0 spiro atoms. The maximum atomic E-state index is 12.4. The Balaban J connectivity index is 3.32. The van der Waals surface area contributed by atoms with Crippen molar-refractivity contribution in [2.75, 3.05) is 0 Å². The first-order chi connectivity index (χ1) is 8.90. The lowest BCUT2D eigenvalue weighted by molar-refractivity contribution is -0.385. The van der Waals surface area contributed by atoms with Gasteiger partial charge in [0.25, 0.3) is 5.69 Å². The number of hydrogen-bond acceptors (Lipinski definition) is 4. The molecule has 1 aromatic carbocycles. The molecule has 20 heavy (non-hydrogen) atoms. The number of benzene rings is 1. The minimum absolute atomic E-state index is 0.00755. The zero-order chi connectivity index (χ0) is 15.7. The number of nitro benzene ring substituents is 1. The van der Waals surface area contributed by atoms with Crippen molar-refractivity contribution in [3.05, 3.63) is 28.3 Å². The fourth-order valence-electron chi connectivity index (χ4n) is 1.54. The van der Waals surface area contributed by atoms with E-state index in [1.807, 2.05) is 41.5 Å². The maximum absolute atomic E-state index is 12.4. The van der Waals surface area contributed by atoms with Crippen molar-refractivity contribution in [2.45, 2.75) is 60.8 Å². The molecule has 0 saturated heterocycles. The number of nitro groups is 1. The van der Waals surface area contributed by atoms with Crippen LogP contribution in [0, 0.1) is 10.1 Å². The lowest BCUT2D eigenvalue weighted by Gasteiger charge is -2.20. The second-order valence-corrected chi connectivity index (χ2v) is 10.6. The van der Waals surface area contributed by atoms with E-state index in [1.165, 1.54) is 17.8 Å². The van der Waals surface area contributed by atoms with Crippen LogP contribution in [0.1, 0.15) is 41.5 Å². The summed E-state index contributed by atoms with van der Waals surface area (Å²) in [5.74, 6) is 0. The van der Waals surface area contributed by atoms with Gasteiger partial charge >= 0.3 is 0 Å². The van der Waals surface area contributed by atoms with E-state index in [4.69, 9.17) is 0 Å². The molecule has 1 rings (SSSR count). The lowest BCUT2D eigenvalue weighted by Crippen LogP contribution is -2.21. The average molecular weight is 315 g/mol. The van der Waals surface area contributed by atoms with Gasteiger partial charge in [-0.1, -0.05) is 20.8 Å². The highest BCUT2D eigenvalue weighted by molar-refractivity contribution is 8.00. The predicted octanol–water partition coefficient (Wildman–Crippen LogP) is 4.39. The summed E-state index contributed by atoms with van der Waals surface area (Å²) in [5, 5.41) is 11.0. The largest absolute Gasteiger partial charge is 0.271 e. The van der Waals surface area contributed by atoms with Crippen LogP contribution in [-0.4, -0.2) is 18.6 Å². The molecule has 0 fully saturated rings. The summed E-state index contributed by atoms with van der Waals surface area (Å²) in [7, 11) is -1.28. The van der Waals surface area contributed by atoms with Gasteiger partial charge in [0.15, 0.2) is 0 Å². The Hall–Kier alpha value is -0.880. The molecule has 0 saturated carbocycles. The summed E-state index contributed by atoms with van der Waals surface area (Å²) in [6, 6.07) is 4.75. The Morgan fingerprint density at radius 1 is 1.10 bits per heavy atom. The minimum atomic E-state index is -1.28. The number of hydrogen-bond donors (Lipinski definition) is 0. The van der Waals surface area contributed by atoms with Crippen LogP contribution in [0.25, 0.3) is 0 Å². The van der Waals surface area contributed by atoms with Crippen LogP contribution in [-0.2, 0) is 10.8 Å². The van der Waals surface area contributed by atoms with Gasteiger partial charge in [0.2, 0.25) is 0 Å². The van der Waals surface area contributed by atoms with Crippen molar-refractivity contribution in [2.24, 2.45) is 0 Å². The van der Waals surface area contributed by atoms with Gasteiger partial charge in [0, 0.05) is 31.4 Å². The zero-order valence-corrected chi connectivity index (χ0v) is 14.4. The lowest BCUT2D eigenvalue weighted by atomic mass is 10.3. The molecule has 0 N–H and O–H groups in total. The molecule has 1 atom stereocenters. The van der Waals surface area contributed by atoms with E-state index in [0.29, 0.717) is 4.90 Å². The van der Waals surface area contributed by atoms with Crippen LogP contribution in [0.2, 0.25) is 0 Å². The molecular formula is C14H21NO3S2. The van der Waals surface area contributed by atoms with Gasteiger partial charge < -0.3 is 0 Å². The molecule has 0 aliphatic heterocycles. The van der Waals surface area contributed by atoms with E-state index in [2.05, 4.69) is 0 Å². The quantitative estimate of drug-likeness (QED) is 0.471. The van der Waals surface area contributed by atoms with Gasteiger partial charge in [-0.15, -0.1) is 11.8 Å². The van der Waals surface area contributed by atoms with Crippen LogP contribution in [0.15, 0.2) is 28.0 Å². The second kappa shape index (κ2) is 5.85. The van der Waals surface area contributed by atoms with Crippen LogP contribution < -0.4 is 0 Å². The fourth-order valence-corrected chi connectivity index (χ4v) is 3.85. The van der Waals surface area contributed by atoms with Gasteiger partial charge in [-0.2, -0.15) is 0 Å². The molecule has 1 aromatic rings. The highest BCUT2D eigenvalue weighted by Crippen LogP contribution is 2.36. The summed E-state index contributed by atoms with van der Waals surface area (Å²) in [4.78, 5) is 11.9. The average Bonchev–Trinajstić information content (AvgIpc) is 2.23. The van der Waals surface area contributed by atoms with Crippen molar-refractivity contribution in [1.29, 1.82) is 0 Å². The molecule has 0 unspecified atom stereocenters. The van der Waals surface area contributed by atoms with E-state index < -0.39 is 20.5 Å². The van der Waals surface area contributed by atoms with Gasteiger partial charge in [-0.05, 0) is 26.8 Å². The Labute approximate surface area is 127 Å². The molecule has 4 nitrogen and oxygen atoms in total. The van der Waals surface area contributed by atoms with Crippen LogP contribution in [0.3, 0.4) is 0 Å². The summed E-state index contributed by atoms with van der Waals surface area (Å²) in [6.45, 7) is 11.7. The smallest absolute Gasteiger partial charge is 0.258 e. The molecule has 0 amide bonds. The first kappa shape index (κ1) is 17.2. The third kappa shape index (κ3) is 4.90. The Morgan fingerprint density at radius 2 is 1.65 bits per heavy atom. The predicted molar refractivity (Wildman–Crippen MR) is 84.9 cm³/mol. The molecular weight excluding hydrogens is 294 g/mol. The van der Waals surface area contributed by atoms with E-state index >= 15 is 0 Å². The normalized spacial score (nSPS) is 14.1. The molecule has 0 aromatic heterocycles. The van der Waals surface area contributed by atoms with E-state index in [-0.39, 0.29) is 10.4 Å². The van der Waals surface area contributed by atoms with Crippen molar-refractivity contribution in [3.8, 4) is 0 Å². The number of nitrogens with zero attached hydrogens (tertiary/aromatic N) is 1. The monoisotopic (exact) mass is 315 g/mol. The number of non-ortho nitro benzene ring substituents is 1. The molecule has 0 aliphatic rings. The van der Waals surface area contributed by atoms with Crippen molar-refractivity contribution in [3.63, 3.8) is 0 Å². The maximum Gasteiger partial charge on any atom is 0.271 e. The van der Waals surface area contributed by atoms with Crippen LogP contribution in [0.4, 0.5) is 5.69 Å².